The molecule has 3 N–H and O–H groups in total. The first kappa shape index (κ1) is 17.7. The molecule has 0 aromatic rings. The summed E-state index contributed by atoms with van der Waals surface area (Å²) in [5.74, 6) is -1.24. The number of carboxylic acid groups (broad SMARTS) is 1. The average molecular weight is 294 g/mol. The lowest BCUT2D eigenvalue weighted by Crippen LogP contribution is -2.48. The minimum absolute atomic E-state index is 0.0102. The van der Waals surface area contributed by atoms with Crippen LogP contribution in [0.3, 0.4) is 0 Å². The standard InChI is InChI=1S/C11H22N2O5S/c1-4-19(17,18)7-5-6-12-11(16)13-9(8(2)3)10(14)15/h8-9H,4-7H2,1-3H3,(H,14,15)(H2,12,13,16). The van der Waals surface area contributed by atoms with Crippen LogP contribution < -0.4 is 10.6 Å². The highest BCUT2D eigenvalue weighted by molar-refractivity contribution is 7.91. The maximum atomic E-state index is 11.4. The zero-order valence-electron chi connectivity index (χ0n) is 11.5. The lowest BCUT2D eigenvalue weighted by molar-refractivity contribution is -0.140. The molecule has 0 bridgehead atoms. The Kier molecular flexibility index (Phi) is 7.43. The Labute approximate surface area is 113 Å². The van der Waals surface area contributed by atoms with Crippen LogP contribution in [0, 0.1) is 5.92 Å². The molecule has 0 aliphatic carbocycles. The number of urea groups is 1. The molecule has 0 spiro atoms. The molecule has 0 radical (unpaired) electrons. The summed E-state index contributed by atoms with van der Waals surface area (Å²) in [6.07, 6.45) is 0.309. The number of hydrogen-bond acceptors (Lipinski definition) is 4. The van der Waals surface area contributed by atoms with E-state index in [4.69, 9.17) is 5.11 Å². The first-order valence-electron chi connectivity index (χ1n) is 6.17. The second-order valence-electron chi connectivity index (χ2n) is 4.55. The van der Waals surface area contributed by atoms with Gasteiger partial charge in [0.25, 0.3) is 0 Å². The van der Waals surface area contributed by atoms with Gasteiger partial charge in [-0.2, -0.15) is 0 Å². The molecule has 0 saturated carbocycles. The van der Waals surface area contributed by atoms with Crippen molar-refractivity contribution in [3.63, 3.8) is 0 Å². The summed E-state index contributed by atoms with van der Waals surface area (Å²) in [4.78, 5) is 22.3. The van der Waals surface area contributed by atoms with Crippen LogP contribution in [0.2, 0.25) is 0 Å². The number of carbonyl (C=O) groups is 2. The Morgan fingerprint density at radius 2 is 1.84 bits per heavy atom. The van der Waals surface area contributed by atoms with Gasteiger partial charge in [0.05, 0.1) is 5.75 Å². The van der Waals surface area contributed by atoms with Crippen LogP contribution in [0.15, 0.2) is 0 Å². The molecule has 0 heterocycles. The van der Waals surface area contributed by atoms with Crippen LogP contribution in [-0.4, -0.2) is 49.6 Å². The number of hydrogen-bond donors (Lipinski definition) is 3. The third-order valence-corrected chi connectivity index (χ3v) is 4.37. The van der Waals surface area contributed by atoms with Gasteiger partial charge in [-0.15, -0.1) is 0 Å². The van der Waals surface area contributed by atoms with Gasteiger partial charge in [-0.3, -0.25) is 0 Å². The Hall–Kier alpha value is -1.31. The molecule has 112 valence electrons. The van der Waals surface area contributed by atoms with E-state index >= 15 is 0 Å². The lowest BCUT2D eigenvalue weighted by atomic mass is 10.1. The van der Waals surface area contributed by atoms with E-state index in [1.54, 1.807) is 20.8 Å². The number of sulfone groups is 1. The Morgan fingerprint density at radius 3 is 2.26 bits per heavy atom. The van der Waals surface area contributed by atoms with E-state index in [1.807, 2.05) is 0 Å². The van der Waals surface area contributed by atoms with Gasteiger partial charge in [-0.1, -0.05) is 20.8 Å². The lowest BCUT2D eigenvalue weighted by Gasteiger charge is -2.18. The highest BCUT2D eigenvalue weighted by atomic mass is 32.2. The summed E-state index contributed by atoms with van der Waals surface area (Å²) < 4.78 is 22.4. The highest BCUT2D eigenvalue weighted by Gasteiger charge is 2.23. The van der Waals surface area contributed by atoms with E-state index < -0.39 is 27.9 Å². The SMILES string of the molecule is CCS(=O)(=O)CCCNC(=O)NC(C(=O)O)C(C)C. The fraction of sp³-hybridized carbons (Fsp3) is 0.818. The van der Waals surface area contributed by atoms with Crippen molar-refractivity contribution in [2.75, 3.05) is 18.1 Å². The molecule has 0 aromatic heterocycles. The van der Waals surface area contributed by atoms with Gasteiger partial charge in [-0.25, -0.2) is 18.0 Å². The number of carbonyl (C=O) groups excluding carboxylic acids is 1. The summed E-state index contributed by atoms with van der Waals surface area (Å²) in [7, 11) is -3.03. The molecule has 8 heteroatoms. The van der Waals surface area contributed by atoms with Gasteiger partial charge in [0, 0.05) is 12.3 Å². The molecule has 0 rings (SSSR count). The Morgan fingerprint density at radius 1 is 1.26 bits per heavy atom. The normalized spacial score (nSPS) is 13.1. The summed E-state index contributed by atoms with van der Waals surface area (Å²) in [6, 6.07) is -1.56. The Bertz CT molecular complexity index is 405. The number of carboxylic acids is 1. The first-order valence-corrected chi connectivity index (χ1v) is 7.99. The quantitative estimate of drug-likeness (QED) is 0.554. The number of amides is 2. The van der Waals surface area contributed by atoms with Crippen LogP contribution in [-0.2, 0) is 14.6 Å². The minimum atomic E-state index is -3.03. The van der Waals surface area contributed by atoms with Gasteiger partial charge in [0.15, 0.2) is 0 Å². The summed E-state index contributed by atoms with van der Waals surface area (Å²) in [5, 5.41) is 13.7. The van der Waals surface area contributed by atoms with Crippen LogP contribution in [0.4, 0.5) is 4.79 Å². The van der Waals surface area contributed by atoms with E-state index in [9.17, 15) is 18.0 Å². The zero-order chi connectivity index (χ0) is 15.1. The number of aliphatic carboxylic acids is 1. The van der Waals surface area contributed by atoms with Crippen molar-refractivity contribution in [3.8, 4) is 0 Å². The van der Waals surface area contributed by atoms with E-state index in [-0.39, 0.29) is 24.0 Å². The fourth-order valence-corrected chi connectivity index (χ4v) is 2.22. The summed E-state index contributed by atoms with van der Waals surface area (Å²) in [5.41, 5.74) is 0. The summed E-state index contributed by atoms with van der Waals surface area (Å²) >= 11 is 0. The first-order chi connectivity index (χ1) is 8.69. The largest absolute Gasteiger partial charge is 0.480 e. The molecule has 0 aliphatic heterocycles. The van der Waals surface area contributed by atoms with Gasteiger partial charge < -0.3 is 15.7 Å². The number of nitrogens with one attached hydrogen (secondary N) is 2. The van der Waals surface area contributed by atoms with Crippen LogP contribution in [0.1, 0.15) is 27.2 Å². The van der Waals surface area contributed by atoms with Crippen molar-refractivity contribution < 1.29 is 23.1 Å². The van der Waals surface area contributed by atoms with Crippen LogP contribution in [0.25, 0.3) is 0 Å². The molecule has 0 fully saturated rings. The predicted octanol–water partition coefficient (Wildman–Crippen LogP) is 0.220. The maximum absolute atomic E-state index is 11.4. The molecule has 19 heavy (non-hydrogen) atoms. The molecule has 1 atom stereocenters. The minimum Gasteiger partial charge on any atom is -0.480 e. The van der Waals surface area contributed by atoms with E-state index in [2.05, 4.69) is 10.6 Å². The molecular weight excluding hydrogens is 272 g/mol. The van der Waals surface area contributed by atoms with Crippen molar-refractivity contribution in [1.29, 1.82) is 0 Å². The van der Waals surface area contributed by atoms with Gasteiger partial charge in [0.1, 0.15) is 15.9 Å². The van der Waals surface area contributed by atoms with Crippen molar-refractivity contribution in [3.05, 3.63) is 0 Å². The smallest absolute Gasteiger partial charge is 0.326 e. The number of rotatable bonds is 8. The fourth-order valence-electron chi connectivity index (χ4n) is 1.34. The average Bonchev–Trinajstić information content (AvgIpc) is 2.31. The van der Waals surface area contributed by atoms with Crippen molar-refractivity contribution in [2.45, 2.75) is 33.2 Å². The molecule has 1 unspecified atom stereocenters. The van der Waals surface area contributed by atoms with Gasteiger partial charge in [-0.05, 0) is 12.3 Å². The topological polar surface area (TPSA) is 113 Å². The summed E-state index contributed by atoms with van der Waals surface area (Å²) in [6.45, 7) is 5.13. The second kappa shape index (κ2) is 7.98. The Balaban J connectivity index is 4.03. The van der Waals surface area contributed by atoms with E-state index in [0.717, 1.165) is 0 Å². The van der Waals surface area contributed by atoms with E-state index in [0.29, 0.717) is 6.42 Å². The van der Waals surface area contributed by atoms with Crippen molar-refractivity contribution in [1.82, 2.24) is 10.6 Å². The predicted molar refractivity (Wildman–Crippen MR) is 71.7 cm³/mol. The third kappa shape index (κ3) is 7.66. The third-order valence-electron chi connectivity index (χ3n) is 2.58. The van der Waals surface area contributed by atoms with Crippen LogP contribution >= 0.6 is 0 Å². The molecule has 0 aliphatic rings. The van der Waals surface area contributed by atoms with Gasteiger partial charge >= 0.3 is 12.0 Å². The molecule has 2 amide bonds. The zero-order valence-corrected chi connectivity index (χ0v) is 12.3. The molecule has 0 saturated heterocycles. The second-order valence-corrected chi connectivity index (χ2v) is 7.02. The van der Waals surface area contributed by atoms with Crippen molar-refractivity contribution in [2.24, 2.45) is 5.92 Å². The highest BCUT2D eigenvalue weighted by Crippen LogP contribution is 2.01. The molecule has 0 aromatic carbocycles. The maximum Gasteiger partial charge on any atom is 0.326 e. The monoisotopic (exact) mass is 294 g/mol. The van der Waals surface area contributed by atoms with Crippen LogP contribution in [0.5, 0.6) is 0 Å². The van der Waals surface area contributed by atoms with E-state index in [1.165, 1.54) is 0 Å². The molecular formula is C11H22N2O5S. The van der Waals surface area contributed by atoms with Gasteiger partial charge in [0.2, 0.25) is 0 Å². The molecule has 7 nitrogen and oxygen atoms in total. The van der Waals surface area contributed by atoms with Crippen molar-refractivity contribution >= 4 is 21.8 Å².